The third-order valence-corrected chi connectivity index (χ3v) is 4.54. The molecule has 134 valence electrons. The van der Waals surface area contributed by atoms with E-state index in [1.165, 1.54) is 11.1 Å². The van der Waals surface area contributed by atoms with Crippen LogP contribution in [-0.2, 0) is 14.3 Å². The molecule has 0 spiro atoms. The van der Waals surface area contributed by atoms with Crippen LogP contribution in [0.2, 0.25) is 0 Å². The number of rotatable bonds is 9. The van der Waals surface area contributed by atoms with Crippen molar-refractivity contribution in [3.63, 3.8) is 0 Å². The van der Waals surface area contributed by atoms with Gasteiger partial charge in [-0.2, -0.15) is 0 Å². The van der Waals surface area contributed by atoms with E-state index < -0.39 is 0 Å². The molecule has 2 saturated heterocycles. The van der Waals surface area contributed by atoms with Crippen LogP contribution in [0.15, 0.2) is 34.9 Å². The molecule has 1 N–H and O–H groups in total. The summed E-state index contributed by atoms with van der Waals surface area (Å²) in [5.41, 5.74) is 3.40. The van der Waals surface area contributed by atoms with Gasteiger partial charge in [-0.15, -0.1) is 0 Å². The van der Waals surface area contributed by atoms with Crippen LogP contribution in [0.4, 0.5) is 0 Å². The van der Waals surface area contributed by atoms with E-state index in [0.29, 0.717) is 12.8 Å². The highest BCUT2D eigenvalue weighted by Crippen LogP contribution is 2.49. The van der Waals surface area contributed by atoms with Crippen molar-refractivity contribution < 1.29 is 19.4 Å². The number of carbonyl (C=O) groups excluding carboxylic acids is 1. The Hall–Kier alpha value is -1.39. The lowest BCUT2D eigenvalue weighted by molar-refractivity contribution is -0.147. The van der Waals surface area contributed by atoms with Crippen LogP contribution in [-0.4, -0.2) is 29.1 Å². The molecule has 2 unspecified atom stereocenters. The SMILES string of the molecule is CC(C)=C[C@@H](O)C/C(C)=C/CC/C(C)=C/CCC12CC(=O)OC1O2. The van der Waals surface area contributed by atoms with Gasteiger partial charge in [-0.05, 0) is 59.8 Å². The standard InChI is InChI=1S/C20H30O4/c1-14(2)11-17(21)12-16(4)8-5-7-15(3)9-6-10-20-13-18(22)23-19(20)24-20/h8-9,11,17,19,21H,5-7,10,12-13H2,1-4H3/b15-9+,16-8+/t17-,19?,20?/m1/s1. The van der Waals surface area contributed by atoms with Gasteiger partial charge in [0.25, 0.3) is 0 Å². The molecule has 0 bridgehead atoms. The molecule has 0 aliphatic carbocycles. The maximum absolute atomic E-state index is 11.2. The van der Waals surface area contributed by atoms with Crippen molar-refractivity contribution >= 4 is 5.97 Å². The molecule has 0 aromatic rings. The van der Waals surface area contributed by atoms with Gasteiger partial charge >= 0.3 is 5.97 Å². The molecule has 0 aromatic heterocycles. The number of hydrogen-bond donors (Lipinski definition) is 1. The summed E-state index contributed by atoms with van der Waals surface area (Å²) in [5, 5.41) is 9.89. The average molecular weight is 334 g/mol. The first-order valence-corrected chi connectivity index (χ1v) is 8.82. The fourth-order valence-electron chi connectivity index (χ4n) is 3.17. The largest absolute Gasteiger partial charge is 0.432 e. The van der Waals surface area contributed by atoms with Gasteiger partial charge in [0.1, 0.15) is 5.60 Å². The summed E-state index contributed by atoms with van der Waals surface area (Å²) in [4.78, 5) is 11.2. The molecular formula is C20H30O4. The Morgan fingerprint density at radius 3 is 2.58 bits per heavy atom. The Morgan fingerprint density at radius 2 is 1.96 bits per heavy atom. The van der Waals surface area contributed by atoms with E-state index in [0.717, 1.165) is 31.3 Å². The first-order chi connectivity index (χ1) is 11.3. The first-order valence-electron chi connectivity index (χ1n) is 8.82. The topological polar surface area (TPSA) is 59.1 Å². The summed E-state index contributed by atoms with van der Waals surface area (Å²) in [6.45, 7) is 8.21. The Morgan fingerprint density at radius 1 is 1.25 bits per heavy atom. The molecule has 3 atom stereocenters. The minimum absolute atomic E-state index is 0.136. The van der Waals surface area contributed by atoms with Gasteiger partial charge < -0.3 is 14.6 Å². The third kappa shape index (κ3) is 5.60. The van der Waals surface area contributed by atoms with Gasteiger partial charge in [0.05, 0.1) is 12.5 Å². The van der Waals surface area contributed by atoms with Crippen LogP contribution in [0.1, 0.15) is 66.2 Å². The molecule has 0 amide bonds. The van der Waals surface area contributed by atoms with Crippen molar-refractivity contribution in [2.75, 3.05) is 0 Å². The normalized spacial score (nSPS) is 27.5. The zero-order valence-electron chi connectivity index (χ0n) is 15.3. The van der Waals surface area contributed by atoms with E-state index in [-0.39, 0.29) is 24.0 Å². The van der Waals surface area contributed by atoms with E-state index in [1.54, 1.807) is 0 Å². The summed E-state index contributed by atoms with van der Waals surface area (Å²) in [6, 6.07) is 0. The van der Waals surface area contributed by atoms with Crippen LogP contribution >= 0.6 is 0 Å². The van der Waals surface area contributed by atoms with Crippen molar-refractivity contribution in [3.05, 3.63) is 34.9 Å². The summed E-state index contributed by atoms with van der Waals surface area (Å²) >= 11 is 0. The molecule has 2 aliphatic rings. The Balaban J connectivity index is 1.65. The van der Waals surface area contributed by atoms with Gasteiger partial charge in [-0.1, -0.05) is 34.9 Å². The average Bonchev–Trinajstić information content (AvgIpc) is 2.99. The van der Waals surface area contributed by atoms with Crippen LogP contribution < -0.4 is 0 Å². The van der Waals surface area contributed by atoms with Crippen LogP contribution in [0.3, 0.4) is 0 Å². The van der Waals surface area contributed by atoms with Crippen molar-refractivity contribution in [1.29, 1.82) is 0 Å². The van der Waals surface area contributed by atoms with E-state index in [1.807, 2.05) is 19.9 Å². The zero-order valence-corrected chi connectivity index (χ0v) is 15.3. The Labute approximate surface area is 145 Å². The van der Waals surface area contributed by atoms with Crippen molar-refractivity contribution in [2.45, 2.75) is 84.2 Å². The van der Waals surface area contributed by atoms with Crippen LogP contribution in [0.25, 0.3) is 0 Å². The highest BCUT2D eigenvalue weighted by Gasteiger charge is 2.65. The lowest BCUT2D eigenvalue weighted by Gasteiger charge is -2.07. The Bertz CT molecular complexity index is 554. The second kappa shape index (κ2) is 8.13. The second-order valence-electron chi connectivity index (χ2n) is 7.37. The minimum atomic E-state index is -0.384. The molecule has 24 heavy (non-hydrogen) atoms. The van der Waals surface area contributed by atoms with Gasteiger partial charge in [0, 0.05) is 0 Å². The molecule has 4 heteroatoms. The minimum Gasteiger partial charge on any atom is -0.432 e. The van der Waals surface area contributed by atoms with E-state index in [4.69, 9.17) is 9.47 Å². The number of aliphatic hydroxyl groups excluding tert-OH is 1. The maximum atomic E-state index is 11.2. The molecule has 2 aliphatic heterocycles. The number of carbonyl (C=O) groups is 1. The fraction of sp³-hybridized carbons (Fsp3) is 0.650. The van der Waals surface area contributed by atoms with E-state index in [2.05, 4.69) is 26.0 Å². The highest BCUT2D eigenvalue weighted by atomic mass is 16.8. The molecule has 2 heterocycles. The molecule has 0 aromatic carbocycles. The summed E-state index contributed by atoms with van der Waals surface area (Å²) in [7, 11) is 0. The summed E-state index contributed by atoms with van der Waals surface area (Å²) in [5.74, 6) is -0.136. The highest BCUT2D eigenvalue weighted by molar-refractivity contribution is 5.74. The van der Waals surface area contributed by atoms with Crippen LogP contribution in [0.5, 0.6) is 0 Å². The maximum Gasteiger partial charge on any atom is 0.311 e. The lowest BCUT2D eigenvalue weighted by Crippen LogP contribution is -2.10. The second-order valence-corrected chi connectivity index (χ2v) is 7.37. The smallest absolute Gasteiger partial charge is 0.311 e. The number of esters is 1. The zero-order chi connectivity index (χ0) is 17.7. The van der Waals surface area contributed by atoms with Gasteiger partial charge in [-0.3, -0.25) is 4.79 Å². The molecule has 2 rings (SSSR count). The lowest BCUT2D eigenvalue weighted by atomic mass is 9.99. The van der Waals surface area contributed by atoms with Gasteiger partial charge in [0.2, 0.25) is 6.29 Å². The third-order valence-electron chi connectivity index (χ3n) is 4.54. The van der Waals surface area contributed by atoms with E-state index in [9.17, 15) is 9.90 Å². The molecule has 2 fully saturated rings. The number of ether oxygens (including phenoxy) is 2. The first kappa shape index (κ1) is 18.9. The molecular weight excluding hydrogens is 304 g/mol. The monoisotopic (exact) mass is 334 g/mol. The summed E-state index contributed by atoms with van der Waals surface area (Å²) < 4.78 is 10.5. The predicted molar refractivity (Wildman–Crippen MR) is 94.3 cm³/mol. The number of hydrogen-bond acceptors (Lipinski definition) is 4. The fourth-order valence-corrected chi connectivity index (χ4v) is 3.17. The van der Waals surface area contributed by atoms with Crippen molar-refractivity contribution in [3.8, 4) is 0 Å². The number of allylic oxidation sites excluding steroid dienone is 4. The molecule has 4 nitrogen and oxygen atoms in total. The van der Waals surface area contributed by atoms with Crippen molar-refractivity contribution in [1.82, 2.24) is 0 Å². The number of fused-ring (bicyclic) bond motifs is 1. The van der Waals surface area contributed by atoms with E-state index >= 15 is 0 Å². The quantitative estimate of drug-likeness (QED) is 0.390. The summed E-state index contributed by atoms with van der Waals surface area (Å²) in [6.07, 6.45) is 10.5. The van der Waals surface area contributed by atoms with Crippen LogP contribution in [0, 0.1) is 0 Å². The predicted octanol–water partition coefficient (Wildman–Crippen LogP) is 4.20. The van der Waals surface area contributed by atoms with Crippen molar-refractivity contribution in [2.24, 2.45) is 0 Å². The van der Waals surface area contributed by atoms with Gasteiger partial charge in [0.15, 0.2) is 0 Å². The number of epoxide rings is 1. The number of aliphatic hydroxyl groups is 1. The Kier molecular flexibility index (Phi) is 6.41. The van der Waals surface area contributed by atoms with Gasteiger partial charge in [-0.25, -0.2) is 0 Å². The molecule has 0 saturated carbocycles. The molecule has 0 radical (unpaired) electrons.